The van der Waals surface area contributed by atoms with Gasteiger partial charge in [0.05, 0.1) is 35.5 Å². The fraction of sp³-hybridized carbons (Fsp3) is 0.294. The maximum absolute atomic E-state index is 14.1. The summed E-state index contributed by atoms with van der Waals surface area (Å²) in [6, 6.07) is 11.2. The maximum Gasteiger partial charge on any atom is 0.416 e. The summed E-state index contributed by atoms with van der Waals surface area (Å²) in [5.41, 5.74) is 4.41. The fourth-order valence-electron chi connectivity index (χ4n) is 5.45. The molecule has 12 heteroatoms. The van der Waals surface area contributed by atoms with Gasteiger partial charge >= 0.3 is 6.18 Å². The Morgan fingerprint density at radius 2 is 1.78 bits per heavy atom. The van der Waals surface area contributed by atoms with Crippen molar-refractivity contribution in [1.29, 1.82) is 0 Å². The number of nitrogens with one attached hydrogen (secondary N) is 1. The molecular formula is C34H33F3N8O. The lowest BCUT2D eigenvalue weighted by Crippen LogP contribution is -2.44. The van der Waals surface area contributed by atoms with Crippen LogP contribution in [0.15, 0.2) is 67.3 Å². The fourth-order valence-corrected chi connectivity index (χ4v) is 5.45. The second-order valence-corrected chi connectivity index (χ2v) is 11.6. The zero-order valence-electron chi connectivity index (χ0n) is 25.8. The highest BCUT2D eigenvalue weighted by Crippen LogP contribution is 2.34. The minimum Gasteiger partial charge on any atom is -0.350 e. The normalized spacial score (nSPS) is 14.3. The van der Waals surface area contributed by atoms with Crippen molar-refractivity contribution in [2.45, 2.75) is 26.1 Å². The molecule has 6 rings (SSSR count). The summed E-state index contributed by atoms with van der Waals surface area (Å²) in [7, 11) is 3.84. The van der Waals surface area contributed by atoms with E-state index in [4.69, 9.17) is 0 Å². The van der Waals surface area contributed by atoms with Crippen LogP contribution in [0.3, 0.4) is 0 Å². The van der Waals surface area contributed by atoms with E-state index in [9.17, 15) is 18.0 Å². The molecule has 0 spiro atoms. The summed E-state index contributed by atoms with van der Waals surface area (Å²) in [6.07, 6.45) is 2.15. The molecule has 0 radical (unpaired) electrons. The van der Waals surface area contributed by atoms with Gasteiger partial charge in [0.1, 0.15) is 5.69 Å². The molecule has 0 saturated carbocycles. The van der Waals surface area contributed by atoms with Gasteiger partial charge in [-0.25, -0.2) is 9.50 Å². The minimum absolute atomic E-state index is 0.155. The van der Waals surface area contributed by atoms with Gasteiger partial charge in [-0.2, -0.15) is 23.4 Å². The average molecular weight is 627 g/mol. The molecule has 0 amide bonds. The van der Waals surface area contributed by atoms with Crippen molar-refractivity contribution in [2.75, 3.05) is 38.5 Å². The van der Waals surface area contributed by atoms with Crippen LogP contribution in [0, 0.1) is 18.8 Å². The number of likely N-dealkylation sites (N-methyl/N-ethyl adjacent to an activating group) is 1. The first-order valence-corrected chi connectivity index (χ1v) is 14.9. The molecule has 4 heterocycles. The number of Topliss-reactive ketones (excluding diaryl/α,β-unsaturated/α-hetero) is 1. The van der Waals surface area contributed by atoms with Crippen molar-refractivity contribution in [3.05, 3.63) is 106 Å². The predicted octanol–water partition coefficient (Wildman–Crippen LogP) is 5.11. The highest BCUT2D eigenvalue weighted by atomic mass is 19.4. The van der Waals surface area contributed by atoms with Gasteiger partial charge in [-0.15, -0.1) is 0 Å². The lowest BCUT2D eigenvalue weighted by molar-refractivity contribution is -0.138. The number of benzene rings is 2. The van der Waals surface area contributed by atoms with Crippen LogP contribution in [0.1, 0.15) is 43.9 Å². The highest BCUT2D eigenvalue weighted by Gasteiger charge is 2.34. The molecule has 46 heavy (non-hydrogen) atoms. The van der Waals surface area contributed by atoms with E-state index >= 15 is 0 Å². The van der Waals surface area contributed by atoms with E-state index < -0.39 is 11.7 Å². The quantitative estimate of drug-likeness (QED) is 0.199. The summed E-state index contributed by atoms with van der Waals surface area (Å²) >= 11 is 0. The molecular weight excluding hydrogens is 593 g/mol. The van der Waals surface area contributed by atoms with Crippen molar-refractivity contribution in [2.24, 2.45) is 7.05 Å². The van der Waals surface area contributed by atoms with E-state index in [0.29, 0.717) is 41.1 Å². The van der Waals surface area contributed by atoms with Crippen LogP contribution < -0.4 is 5.32 Å². The molecule has 5 aromatic rings. The number of ketones is 1. The molecule has 0 atom stereocenters. The number of carbonyl (C=O) groups excluding carboxylic acids is 1. The van der Waals surface area contributed by atoms with Gasteiger partial charge in [-0.3, -0.25) is 14.4 Å². The molecule has 0 aliphatic carbocycles. The van der Waals surface area contributed by atoms with Gasteiger partial charge in [-0.05, 0) is 54.8 Å². The van der Waals surface area contributed by atoms with Crippen LogP contribution in [0.4, 0.5) is 24.5 Å². The average Bonchev–Trinajstić information content (AvgIpc) is 3.64. The molecule has 0 unspecified atom stereocenters. The summed E-state index contributed by atoms with van der Waals surface area (Å²) in [4.78, 5) is 22.0. The number of imidazole rings is 1. The number of anilines is 2. The Balaban J connectivity index is 1.20. The molecule has 1 N–H and O–H groups in total. The van der Waals surface area contributed by atoms with Crippen LogP contribution >= 0.6 is 0 Å². The number of hydrogen-bond donors (Lipinski definition) is 1. The predicted molar refractivity (Wildman–Crippen MR) is 169 cm³/mol. The van der Waals surface area contributed by atoms with E-state index in [-0.39, 0.29) is 24.3 Å². The molecule has 9 nitrogen and oxygen atoms in total. The number of fused-ring (bicyclic) bond motifs is 1. The lowest BCUT2D eigenvalue weighted by atomic mass is 9.96. The first-order chi connectivity index (χ1) is 22.0. The van der Waals surface area contributed by atoms with E-state index in [1.54, 1.807) is 52.1 Å². The number of rotatable bonds is 7. The number of aryl methyl sites for hydroxylation is 2. The molecule has 1 aliphatic rings. The van der Waals surface area contributed by atoms with Crippen LogP contribution in [-0.4, -0.2) is 73.2 Å². The van der Waals surface area contributed by atoms with Gasteiger partial charge in [0.15, 0.2) is 11.4 Å². The Morgan fingerprint density at radius 1 is 0.978 bits per heavy atom. The number of alkyl halides is 3. The van der Waals surface area contributed by atoms with Crippen LogP contribution in [0.5, 0.6) is 0 Å². The number of piperazine rings is 1. The maximum atomic E-state index is 14.1. The molecule has 2 aromatic carbocycles. The van der Waals surface area contributed by atoms with Crippen molar-refractivity contribution in [3.63, 3.8) is 0 Å². The van der Waals surface area contributed by atoms with Crippen molar-refractivity contribution < 1.29 is 18.0 Å². The van der Waals surface area contributed by atoms with E-state index in [1.165, 1.54) is 6.07 Å². The topological polar surface area (TPSA) is 83.6 Å². The third-order valence-corrected chi connectivity index (χ3v) is 8.11. The summed E-state index contributed by atoms with van der Waals surface area (Å²) < 4.78 is 45.6. The third-order valence-electron chi connectivity index (χ3n) is 8.11. The first kappa shape index (κ1) is 31.0. The van der Waals surface area contributed by atoms with E-state index in [0.717, 1.165) is 36.1 Å². The second kappa shape index (κ2) is 12.8. The SMILES string of the molecule is Cc1ccc(C(=O)Cc2ccc(CN3CCN(C)CC3)c(C(F)(F)F)c2)cc1C#Cc1cnc2c(Nc3cnn(C)c3)ccnn12. The Hall–Kier alpha value is -4.99. The zero-order chi connectivity index (χ0) is 32.4. The molecule has 1 fully saturated rings. The third kappa shape index (κ3) is 6.96. The molecule has 1 saturated heterocycles. The van der Waals surface area contributed by atoms with Crippen LogP contribution in [0.2, 0.25) is 0 Å². The number of halogens is 3. The monoisotopic (exact) mass is 626 g/mol. The standard InChI is InChI=1S/C34H33F3N8O/c1-23-4-6-26(32(46)17-24-5-7-27(30(16-24)34(35,36)37)21-44-14-12-42(2)13-15-44)18-25(23)8-9-29-20-38-33-31(10-11-39-45(29)33)41-28-19-40-43(3)22-28/h4-7,10-11,16,18-20,22,41H,12-15,17,21H2,1-3H3. The molecule has 236 valence electrons. The molecule has 0 bridgehead atoms. The molecule has 3 aromatic heterocycles. The highest BCUT2D eigenvalue weighted by molar-refractivity contribution is 5.98. The first-order valence-electron chi connectivity index (χ1n) is 14.9. The van der Waals surface area contributed by atoms with Gasteiger partial charge in [-0.1, -0.05) is 30.2 Å². The van der Waals surface area contributed by atoms with E-state index in [1.807, 2.05) is 38.2 Å². The Morgan fingerprint density at radius 3 is 2.52 bits per heavy atom. The second-order valence-electron chi connectivity index (χ2n) is 11.6. The van der Waals surface area contributed by atoms with Crippen LogP contribution in [0.25, 0.3) is 5.65 Å². The summed E-state index contributed by atoms with van der Waals surface area (Å²) in [6.45, 7) is 5.17. The Kier molecular flexibility index (Phi) is 8.62. The van der Waals surface area contributed by atoms with Crippen molar-refractivity contribution >= 4 is 22.8 Å². The smallest absolute Gasteiger partial charge is 0.350 e. The lowest BCUT2D eigenvalue weighted by Gasteiger charge is -2.33. The number of hydrogen-bond acceptors (Lipinski definition) is 7. The minimum atomic E-state index is -4.52. The number of carbonyl (C=O) groups is 1. The Bertz CT molecular complexity index is 1960. The van der Waals surface area contributed by atoms with Gasteiger partial charge in [0.2, 0.25) is 0 Å². The number of aromatic nitrogens is 5. The van der Waals surface area contributed by atoms with Gasteiger partial charge < -0.3 is 10.2 Å². The van der Waals surface area contributed by atoms with E-state index in [2.05, 4.69) is 37.2 Å². The van der Waals surface area contributed by atoms with Crippen LogP contribution in [-0.2, 0) is 26.2 Å². The summed E-state index contributed by atoms with van der Waals surface area (Å²) in [5.74, 6) is 5.94. The van der Waals surface area contributed by atoms with Gasteiger partial charge in [0, 0.05) is 63.5 Å². The largest absolute Gasteiger partial charge is 0.416 e. The Labute approximate surface area is 264 Å². The molecule has 1 aliphatic heterocycles. The van der Waals surface area contributed by atoms with Gasteiger partial charge in [0.25, 0.3) is 0 Å². The number of nitrogens with zero attached hydrogens (tertiary/aromatic N) is 7. The van der Waals surface area contributed by atoms with Crippen molar-refractivity contribution in [3.8, 4) is 11.8 Å². The summed E-state index contributed by atoms with van der Waals surface area (Å²) in [5, 5.41) is 11.8. The zero-order valence-corrected chi connectivity index (χ0v) is 25.8. The van der Waals surface area contributed by atoms with Crippen molar-refractivity contribution in [1.82, 2.24) is 34.2 Å².